The van der Waals surface area contributed by atoms with Gasteiger partial charge in [0.1, 0.15) is 0 Å². The lowest BCUT2D eigenvalue weighted by atomic mass is 10.2. The van der Waals surface area contributed by atoms with Crippen molar-refractivity contribution in [1.82, 2.24) is 15.1 Å². The van der Waals surface area contributed by atoms with Gasteiger partial charge in [-0.05, 0) is 18.6 Å². The fraction of sp³-hybridized carbons (Fsp3) is 0.385. The third kappa shape index (κ3) is 2.61. The number of fused-ring (bicyclic) bond motifs is 1. The molecule has 1 heterocycles. The molecule has 5 nitrogen and oxygen atoms in total. The van der Waals surface area contributed by atoms with Gasteiger partial charge < -0.3 is 10.1 Å². The maximum absolute atomic E-state index is 11.1. The SMILES string of the molecule is CNC(=O)CCCOc1nn(C)c2ccccc12. The average Bonchev–Trinajstić information content (AvgIpc) is 2.72. The van der Waals surface area contributed by atoms with Crippen molar-refractivity contribution in [1.29, 1.82) is 0 Å². The van der Waals surface area contributed by atoms with E-state index in [9.17, 15) is 4.79 Å². The first-order chi connectivity index (χ1) is 8.72. The van der Waals surface area contributed by atoms with Crippen LogP contribution in [0.15, 0.2) is 24.3 Å². The highest BCUT2D eigenvalue weighted by Crippen LogP contribution is 2.23. The van der Waals surface area contributed by atoms with Crippen LogP contribution in [0.25, 0.3) is 10.9 Å². The summed E-state index contributed by atoms with van der Waals surface area (Å²) in [5.41, 5.74) is 1.04. The maximum atomic E-state index is 11.1. The molecule has 0 aliphatic heterocycles. The second-order valence-corrected chi connectivity index (χ2v) is 4.07. The quantitative estimate of drug-likeness (QED) is 0.814. The van der Waals surface area contributed by atoms with Crippen LogP contribution in [0, 0.1) is 0 Å². The van der Waals surface area contributed by atoms with E-state index in [1.54, 1.807) is 11.7 Å². The summed E-state index contributed by atoms with van der Waals surface area (Å²) in [5, 5.41) is 7.90. The molecule has 0 aliphatic carbocycles. The van der Waals surface area contributed by atoms with Gasteiger partial charge in [0, 0.05) is 20.5 Å². The number of carbonyl (C=O) groups excluding carboxylic acids is 1. The van der Waals surface area contributed by atoms with E-state index >= 15 is 0 Å². The highest BCUT2D eigenvalue weighted by molar-refractivity contribution is 5.84. The molecule has 0 atom stereocenters. The van der Waals surface area contributed by atoms with E-state index in [-0.39, 0.29) is 5.91 Å². The number of benzene rings is 1. The van der Waals surface area contributed by atoms with Gasteiger partial charge in [-0.3, -0.25) is 9.48 Å². The molecule has 2 aromatic rings. The molecule has 1 amide bonds. The summed E-state index contributed by atoms with van der Waals surface area (Å²) in [5.74, 6) is 0.662. The molecule has 0 spiro atoms. The predicted molar refractivity (Wildman–Crippen MR) is 69.5 cm³/mol. The van der Waals surface area contributed by atoms with Gasteiger partial charge in [0.2, 0.25) is 11.8 Å². The monoisotopic (exact) mass is 247 g/mol. The number of nitrogens with one attached hydrogen (secondary N) is 1. The van der Waals surface area contributed by atoms with Crippen molar-refractivity contribution in [3.63, 3.8) is 0 Å². The van der Waals surface area contributed by atoms with E-state index in [0.29, 0.717) is 25.3 Å². The number of para-hydroxylation sites is 1. The Morgan fingerprint density at radius 1 is 1.44 bits per heavy atom. The highest BCUT2D eigenvalue weighted by Gasteiger charge is 2.08. The number of hydrogen-bond donors (Lipinski definition) is 1. The fourth-order valence-electron chi connectivity index (χ4n) is 1.81. The number of ether oxygens (including phenoxy) is 1. The molecule has 18 heavy (non-hydrogen) atoms. The summed E-state index contributed by atoms with van der Waals surface area (Å²) in [6.45, 7) is 0.494. The molecule has 2 rings (SSSR count). The fourth-order valence-corrected chi connectivity index (χ4v) is 1.81. The van der Waals surface area contributed by atoms with Crippen LogP contribution in [-0.4, -0.2) is 29.3 Å². The van der Waals surface area contributed by atoms with Gasteiger partial charge in [-0.2, -0.15) is 0 Å². The molecule has 0 saturated carbocycles. The van der Waals surface area contributed by atoms with Crippen LogP contribution in [0.3, 0.4) is 0 Å². The Morgan fingerprint density at radius 3 is 3.00 bits per heavy atom. The molecule has 96 valence electrons. The topological polar surface area (TPSA) is 56.1 Å². The van der Waals surface area contributed by atoms with Gasteiger partial charge in [0.05, 0.1) is 17.5 Å². The van der Waals surface area contributed by atoms with Crippen molar-refractivity contribution in [2.24, 2.45) is 7.05 Å². The van der Waals surface area contributed by atoms with E-state index in [2.05, 4.69) is 10.4 Å². The molecule has 0 aliphatic rings. The number of aryl methyl sites for hydroxylation is 1. The van der Waals surface area contributed by atoms with Gasteiger partial charge in [0.15, 0.2) is 0 Å². The number of amides is 1. The second kappa shape index (κ2) is 5.53. The lowest BCUT2D eigenvalue weighted by molar-refractivity contribution is -0.120. The average molecular weight is 247 g/mol. The van der Waals surface area contributed by atoms with Crippen molar-refractivity contribution in [3.8, 4) is 5.88 Å². The zero-order chi connectivity index (χ0) is 13.0. The Hall–Kier alpha value is -2.04. The predicted octanol–water partition coefficient (Wildman–Crippen LogP) is 1.48. The number of nitrogens with zero attached hydrogens (tertiary/aromatic N) is 2. The molecule has 5 heteroatoms. The van der Waals surface area contributed by atoms with Gasteiger partial charge in [-0.25, -0.2) is 0 Å². The van der Waals surface area contributed by atoms with Gasteiger partial charge in [0.25, 0.3) is 0 Å². The van der Waals surface area contributed by atoms with Crippen LogP contribution >= 0.6 is 0 Å². The largest absolute Gasteiger partial charge is 0.476 e. The highest BCUT2D eigenvalue weighted by atomic mass is 16.5. The second-order valence-electron chi connectivity index (χ2n) is 4.07. The number of hydrogen-bond acceptors (Lipinski definition) is 3. The summed E-state index contributed by atoms with van der Waals surface area (Å²) in [6, 6.07) is 7.91. The van der Waals surface area contributed by atoms with Crippen molar-refractivity contribution >= 4 is 16.8 Å². The molecule has 1 N–H and O–H groups in total. The Morgan fingerprint density at radius 2 is 2.22 bits per heavy atom. The molecule has 0 unspecified atom stereocenters. The van der Waals surface area contributed by atoms with Crippen LogP contribution < -0.4 is 10.1 Å². The Bertz CT molecular complexity index is 548. The van der Waals surface area contributed by atoms with Crippen LogP contribution in [0.2, 0.25) is 0 Å². The van der Waals surface area contributed by atoms with Gasteiger partial charge in [-0.15, -0.1) is 5.10 Å². The first-order valence-electron chi connectivity index (χ1n) is 5.97. The Labute approximate surface area is 106 Å². The van der Waals surface area contributed by atoms with Gasteiger partial charge >= 0.3 is 0 Å². The maximum Gasteiger partial charge on any atom is 0.240 e. The van der Waals surface area contributed by atoms with E-state index in [4.69, 9.17) is 4.74 Å². The minimum Gasteiger partial charge on any atom is -0.476 e. The summed E-state index contributed by atoms with van der Waals surface area (Å²) >= 11 is 0. The molecular weight excluding hydrogens is 230 g/mol. The molecule has 0 fully saturated rings. The van der Waals surface area contributed by atoms with Gasteiger partial charge in [-0.1, -0.05) is 12.1 Å². The van der Waals surface area contributed by atoms with Crippen LogP contribution in [-0.2, 0) is 11.8 Å². The van der Waals surface area contributed by atoms with Crippen molar-refractivity contribution in [3.05, 3.63) is 24.3 Å². The van der Waals surface area contributed by atoms with Crippen molar-refractivity contribution in [2.45, 2.75) is 12.8 Å². The first-order valence-corrected chi connectivity index (χ1v) is 5.97. The van der Waals surface area contributed by atoms with E-state index < -0.39 is 0 Å². The summed E-state index contributed by atoms with van der Waals surface area (Å²) in [6.07, 6.45) is 1.16. The lowest BCUT2D eigenvalue weighted by Crippen LogP contribution is -2.18. The first kappa shape index (κ1) is 12.4. The molecule has 1 aromatic heterocycles. The molecule has 1 aromatic carbocycles. The van der Waals surface area contributed by atoms with Crippen LogP contribution in [0.4, 0.5) is 0 Å². The molecule has 0 bridgehead atoms. The standard InChI is InChI=1S/C13H17N3O2/c1-14-12(17)8-5-9-18-13-10-6-3-4-7-11(10)16(2)15-13/h3-4,6-7H,5,8-9H2,1-2H3,(H,14,17). The molecular formula is C13H17N3O2. The smallest absolute Gasteiger partial charge is 0.240 e. The van der Waals surface area contributed by atoms with E-state index in [1.165, 1.54) is 0 Å². The molecule has 0 saturated heterocycles. The zero-order valence-electron chi connectivity index (χ0n) is 10.6. The number of aromatic nitrogens is 2. The van der Waals surface area contributed by atoms with Crippen molar-refractivity contribution < 1.29 is 9.53 Å². The number of carbonyl (C=O) groups is 1. The third-order valence-corrected chi connectivity index (χ3v) is 2.79. The Balaban J connectivity index is 1.98. The normalized spacial score (nSPS) is 10.6. The minimum atomic E-state index is 0.0319. The van der Waals surface area contributed by atoms with E-state index in [1.807, 2.05) is 31.3 Å². The van der Waals surface area contributed by atoms with Crippen LogP contribution in [0.1, 0.15) is 12.8 Å². The third-order valence-electron chi connectivity index (χ3n) is 2.79. The van der Waals surface area contributed by atoms with Crippen LogP contribution in [0.5, 0.6) is 5.88 Å². The van der Waals surface area contributed by atoms with E-state index in [0.717, 1.165) is 10.9 Å². The summed E-state index contributed by atoms with van der Waals surface area (Å²) in [4.78, 5) is 11.1. The molecule has 0 radical (unpaired) electrons. The zero-order valence-corrected chi connectivity index (χ0v) is 10.6. The lowest BCUT2D eigenvalue weighted by Gasteiger charge is -2.02. The summed E-state index contributed by atoms with van der Waals surface area (Å²) < 4.78 is 7.42. The Kier molecular flexibility index (Phi) is 3.82. The number of rotatable bonds is 5. The minimum absolute atomic E-state index is 0.0319. The van der Waals surface area contributed by atoms with Crippen molar-refractivity contribution in [2.75, 3.05) is 13.7 Å². The summed E-state index contributed by atoms with van der Waals surface area (Å²) in [7, 11) is 3.52.